The summed E-state index contributed by atoms with van der Waals surface area (Å²) in [5, 5.41) is 0. The fourth-order valence-corrected chi connectivity index (χ4v) is 3.72. The molecule has 1 atom stereocenters. The van der Waals surface area contributed by atoms with E-state index in [2.05, 4.69) is 0 Å². The summed E-state index contributed by atoms with van der Waals surface area (Å²) in [5.41, 5.74) is 5.87. The number of primary amides is 1. The second-order valence-electron chi connectivity index (χ2n) is 8.10. The number of alkyl halides is 3. The number of benzene rings is 1. The van der Waals surface area contributed by atoms with Crippen LogP contribution in [0.2, 0.25) is 0 Å². The van der Waals surface area contributed by atoms with Gasteiger partial charge in [-0.1, -0.05) is 19.1 Å². The van der Waals surface area contributed by atoms with Crippen molar-refractivity contribution >= 4 is 11.7 Å². The van der Waals surface area contributed by atoms with Gasteiger partial charge in [-0.15, -0.1) is 0 Å². The van der Waals surface area contributed by atoms with Gasteiger partial charge in [0.1, 0.15) is 5.75 Å². The van der Waals surface area contributed by atoms with E-state index in [1.807, 2.05) is 6.92 Å². The van der Waals surface area contributed by atoms with E-state index in [1.165, 1.54) is 6.07 Å². The van der Waals surface area contributed by atoms with Crippen molar-refractivity contribution in [3.8, 4) is 5.75 Å². The highest BCUT2D eigenvalue weighted by Gasteiger charge is 2.44. The second kappa shape index (κ2) is 7.17. The molecule has 2 aliphatic carbocycles. The number of nitrogens with two attached hydrogens (primary N) is 1. The van der Waals surface area contributed by atoms with Crippen molar-refractivity contribution in [2.24, 2.45) is 17.1 Å². The van der Waals surface area contributed by atoms with Crippen LogP contribution in [0.4, 0.5) is 13.2 Å². The zero-order valence-corrected chi connectivity index (χ0v) is 15.3. The third-order valence-electron chi connectivity index (χ3n) is 5.45. The van der Waals surface area contributed by atoms with Crippen LogP contribution in [0, 0.1) is 11.3 Å². The number of amides is 1. The Morgan fingerprint density at radius 1 is 1.15 bits per heavy atom. The van der Waals surface area contributed by atoms with Crippen LogP contribution in [0.3, 0.4) is 0 Å². The maximum Gasteiger partial charge on any atom is 0.422 e. The molecule has 0 heterocycles. The number of rotatable bonds is 9. The Hall–Kier alpha value is -2.05. The monoisotopic (exact) mass is 383 g/mol. The molecule has 1 amide bonds. The van der Waals surface area contributed by atoms with Crippen molar-refractivity contribution in [1.82, 2.24) is 0 Å². The summed E-state index contributed by atoms with van der Waals surface area (Å²) >= 11 is 0. The molecule has 27 heavy (non-hydrogen) atoms. The largest absolute Gasteiger partial charge is 0.484 e. The van der Waals surface area contributed by atoms with Gasteiger partial charge in [-0.05, 0) is 54.6 Å². The minimum atomic E-state index is -4.44. The first kappa shape index (κ1) is 19.7. The maximum absolute atomic E-state index is 12.8. The van der Waals surface area contributed by atoms with Crippen LogP contribution < -0.4 is 10.5 Å². The standard InChI is InChI=1S/C20H24F3NO3/c1-19(10-18(24)26,14-5-6-14)9-16(25)13-4-7-15(12-2-3-12)17(8-13)27-11-20(21,22)23/h4,7-8,12,14H,2-3,5-6,9-11H2,1H3,(H2,24,26)/t19-/m0/s1. The predicted molar refractivity (Wildman–Crippen MR) is 93.6 cm³/mol. The summed E-state index contributed by atoms with van der Waals surface area (Å²) in [6, 6.07) is 4.76. The number of carbonyl (C=O) groups is 2. The van der Waals surface area contributed by atoms with Gasteiger partial charge in [-0.25, -0.2) is 0 Å². The minimum absolute atomic E-state index is 0.126. The third-order valence-corrected chi connectivity index (χ3v) is 5.45. The number of hydrogen-bond donors (Lipinski definition) is 1. The summed E-state index contributed by atoms with van der Waals surface area (Å²) in [6.07, 6.45) is -0.437. The number of halogens is 3. The smallest absolute Gasteiger partial charge is 0.422 e. The molecule has 148 valence electrons. The van der Waals surface area contributed by atoms with Crippen molar-refractivity contribution in [2.75, 3.05) is 6.61 Å². The second-order valence-corrected chi connectivity index (χ2v) is 8.10. The lowest BCUT2D eigenvalue weighted by atomic mass is 9.76. The van der Waals surface area contributed by atoms with E-state index in [-0.39, 0.29) is 36.2 Å². The van der Waals surface area contributed by atoms with Crippen LogP contribution in [0.25, 0.3) is 0 Å². The van der Waals surface area contributed by atoms with Crippen LogP contribution in [0.5, 0.6) is 5.75 Å². The van der Waals surface area contributed by atoms with E-state index in [0.717, 1.165) is 31.2 Å². The summed E-state index contributed by atoms with van der Waals surface area (Å²) in [6.45, 7) is 0.499. The van der Waals surface area contributed by atoms with Gasteiger partial charge in [0.15, 0.2) is 12.4 Å². The van der Waals surface area contributed by atoms with Gasteiger partial charge < -0.3 is 10.5 Å². The molecule has 0 radical (unpaired) electrons. The van der Waals surface area contributed by atoms with Gasteiger partial charge in [-0.3, -0.25) is 9.59 Å². The normalized spacial score (nSPS) is 19.4. The minimum Gasteiger partial charge on any atom is -0.484 e. The zero-order chi connectivity index (χ0) is 19.8. The van der Waals surface area contributed by atoms with Gasteiger partial charge in [0.05, 0.1) is 0 Å². The number of ether oxygens (including phenoxy) is 1. The quantitative estimate of drug-likeness (QED) is 0.644. The molecule has 3 rings (SSSR count). The maximum atomic E-state index is 12.8. The molecule has 2 N–H and O–H groups in total. The van der Waals surface area contributed by atoms with Crippen molar-refractivity contribution in [1.29, 1.82) is 0 Å². The highest BCUT2D eigenvalue weighted by atomic mass is 19.4. The first-order valence-corrected chi connectivity index (χ1v) is 9.22. The average Bonchev–Trinajstić information content (AvgIpc) is 3.44. The van der Waals surface area contributed by atoms with E-state index in [4.69, 9.17) is 10.5 Å². The lowest BCUT2D eigenvalue weighted by Gasteiger charge is -2.27. The molecule has 1 aromatic carbocycles. The average molecular weight is 383 g/mol. The SMILES string of the molecule is C[C@@](CC(N)=O)(CC(=O)c1ccc(C2CC2)c(OCC(F)(F)F)c1)C1CC1. The van der Waals surface area contributed by atoms with Crippen molar-refractivity contribution in [2.45, 2.75) is 57.5 Å². The molecule has 0 aromatic heterocycles. The van der Waals surface area contributed by atoms with Gasteiger partial charge in [-0.2, -0.15) is 13.2 Å². The number of carbonyl (C=O) groups excluding carboxylic acids is 2. The Balaban J connectivity index is 1.78. The fraction of sp³-hybridized carbons (Fsp3) is 0.600. The third kappa shape index (κ3) is 5.23. The molecule has 0 spiro atoms. The zero-order valence-electron chi connectivity index (χ0n) is 15.3. The van der Waals surface area contributed by atoms with E-state index in [0.29, 0.717) is 5.56 Å². The highest BCUT2D eigenvalue weighted by Crippen LogP contribution is 2.50. The summed E-state index contributed by atoms with van der Waals surface area (Å²) in [7, 11) is 0. The van der Waals surface area contributed by atoms with E-state index >= 15 is 0 Å². The lowest BCUT2D eigenvalue weighted by molar-refractivity contribution is -0.153. The summed E-state index contributed by atoms with van der Waals surface area (Å²) < 4.78 is 42.7. The Morgan fingerprint density at radius 2 is 1.81 bits per heavy atom. The van der Waals surface area contributed by atoms with Crippen LogP contribution >= 0.6 is 0 Å². The van der Waals surface area contributed by atoms with Gasteiger partial charge in [0, 0.05) is 18.4 Å². The van der Waals surface area contributed by atoms with Gasteiger partial charge in [0.25, 0.3) is 0 Å². The first-order chi connectivity index (χ1) is 12.6. The summed E-state index contributed by atoms with van der Waals surface area (Å²) in [4.78, 5) is 24.2. The van der Waals surface area contributed by atoms with E-state index < -0.39 is 24.1 Å². The van der Waals surface area contributed by atoms with Crippen molar-refractivity contribution < 1.29 is 27.5 Å². The molecule has 2 saturated carbocycles. The molecule has 2 fully saturated rings. The Bertz CT molecular complexity index is 738. The van der Waals surface area contributed by atoms with Gasteiger partial charge >= 0.3 is 6.18 Å². The molecule has 0 aliphatic heterocycles. The number of Topliss-reactive ketones (excluding diaryl/α,β-unsaturated/α-hetero) is 1. The van der Waals surface area contributed by atoms with Crippen molar-refractivity contribution in [3.05, 3.63) is 29.3 Å². The highest BCUT2D eigenvalue weighted by molar-refractivity contribution is 5.97. The molecule has 1 aromatic rings. The van der Waals surface area contributed by atoms with Crippen molar-refractivity contribution in [3.63, 3.8) is 0 Å². The van der Waals surface area contributed by atoms with Crippen LogP contribution in [0.15, 0.2) is 18.2 Å². The lowest BCUT2D eigenvalue weighted by Crippen LogP contribution is -2.30. The Morgan fingerprint density at radius 3 is 2.33 bits per heavy atom. The predicted octanol–water partition coefficient (Wildman–Crippen LogP) is 4.37. The molecule has 2 aliphatic rings. The molecule has 0 saturated heterocycles. The van der Waals surface area contributed by atoms with Crippen LogP contribution in [-0.4, -0.2) is 24.5 Å². The van der Waals surface area contributed by atoms with E-state index in [9.17, 15) is 22.8 Å². The molecule has 4 nitrogen and oxygen atoms in total. The number of hydrogen-bond acceptors (Lipinski definition) is 3. The molecule has 0 bridgehead atoms. The Kier molecular flexibility index (Phi) is 5.23. The fourth-order valence-electron chi connectivity index (χ4n) is 3.72. The summed E-state index contributed by atoms with van der Waals surface area (Å²) in [5.74, 6) is -0.0475. The molecule has 7 heteroatoms. The molecular weight excluding hydrogens is 359 g/mol. The topological polar surface area (TPSA) is 69.4 Å². The molecular formula is C20H24F3NO3. The first-order valence-electron chi connectivity index (χ1n) is 9.22. The Labute approximate surface area is 156 Å². The van der Waals surface area contributed by atoms with Gasteiger partial charge in [0.2, 0.25) is 5.91 Å². The van der Waals surface area contributed by atoms with Crippen LogP contribution in [0.1, 0.15) is 67.3 Å². The molecule has 0 unspecified atom stereocenters. The number of ketones is 1. The van der Waals surface area contributed by atoms with E-state index in [1.54, 1.807) is 12.1 Å². The van der Waals surface area contributed by atoms with Crippen LogP contribution in [-0.2, 0) is 4.79 Å².